The molecule has 0 radical (unpaired) electrons. The summed E-state index contributed by atoms with van der Waals surface area (Å²) in [6, 6.07) is 0. The molecule has 0 unspecified atom stereocenters. The minimum Gasteiger partial charge on any atom is -0.381 e. The molecule has 0 atom stereocenters. The molecule has 0 fully saturated rings. The maximum Gasteiger partial charge on any atom is 0.160 e. The molecule has 0 saturated heterocycles. The lowest BCUT2D eigenvalue weighted by molar-refractivity contribution is 0.756. The molecule has 3 heterocycles. The fraction of sp³-hybridized carbons (Fsp3) is 0.200. The SMILES string of the molecule is Cc1nn(C)cc1-c1csc2c(N)ncn12. The third-order valence-corrected chi connectivity index (χ3v) is 3.55. The Bertz CT molecular complexity index is 660. The van der Waals surface area contributed by atoms with E-state index in [1.807, 2.05) is 29.3 Å². The van der Waals surface area contributed by atoms with Crippen LogP contribution in [0.25, 0.3) is 16.1 Å². The molecule has 82 valence electrons. The molecule has 5 nitrogen and oxygen atoms in total. The van der Waals surface area contributed by atoms with E-state index >= 15 is 0 Å². The van der Waals surface area contributed by atoms with E-state index in [0.717, 1.165) is 21.8 Å². The molecule has 0 aliphatic heterocycles. The number of imidazole rings is 1. The zero-order valence-corrected chi connectivity index (χ0v) is 9.82. The number of thiazole rings is 1. The van der Waals surface area contributed by atoms with Gasteiger partial charge < -0.3 is 5.73 Å². The normalized spacial score (nSPS) is 11.4. The summed E-state index contributed by atoms with van der Waals surface area (Å²) in [7, 11) is 1.92. The molecule has 3 aromatic rings. The second-order valence-corrected chi connectivity index (χ2v) is 4.59. The first-order valence-electron chi connectivity index (χ1n) is 4.87. The van der Waals surface area contributed by atoms with Gasteiger partial charge in [0.15, 0.2) is 5.82 Å². The summed E-state index contributed by atoms with van der Waals surface area (Å²) in [6.07, 6.45) is 3.76. The van der Waals surface area contributed by atoms with Crippen molar-refractivity contribution < 1.29 is 0 Å². The third kappa shape index (κ3) is 1.16. The highest BCUT2D eigenvalue weighted by Gasteiger charge is 2.13. The highest BCUT2D eigenvalue weighted by atomic mass is 32.1. The zero-order valence-electron chi connectivity index (χ0n) is 9.01. The van der Waals surface area contributed by atoms with Crippen LogP contribution >= 0.6 is 11.3 Å². The van der Waals surface area contributed by atoms with E-state index in [1.54, 1.807) is 17.7 Å². The van der Waals surface area contributed by atoms with Crippen LogP contribution in [0.5, 0.6) is 0 Å². The van der Waals surface area contributed by atoms with Crippen molar-refractivity contribution >= 4 is 22.0 Å². The maximum absolute atomic E-state index is 5.77. The molecular formula is C10H11N5S. The predicted octanol–water partition coefficient (Wildman–Crippen LogP) is 1.69. The Morgan fingerprint density at radius 3 is 2.94 bits per heavy atom. The third-order valence-electron chi connectivity index (χ3n) is 2.58. The Hall–Kier alpha value is -1.82. The standard InChI is InChI=1S/C10H11N5S/c1-6-7(3-14(2)13-6)8-4-16-10-9(11)12-5-15(8)10/h3-5H,11H2,1-2H3. The van der Waals surface area contributed by atoms with Crippen LogP contribution < -0.4 is 5.73 Å². The van der Waals surface area contributed by atoms with Crippen LogP contribution in [-0.4, -0.2) is 19.2 Å². The van der Waals surface area contributed by atoms with Crippen molar-refractivity contribution in [1.82, 2.24) is 19.2 Å². The van der Waals surface area contributed by atoms with E-state index in [1.165, 1.54) is 0 Å². The van der Waals surface area contributed by atoms with E-state index in [2.05, 4.69) is 15.5 Å². The summed E-state index contributed by atoms with van der Waals surface area (Å²) in [5.41, 5.74) is 8.99. The lowest BCUT2D eigenvalue weighted by Gasteiger charge is -1.95. The molecule has 16 heavy (non-hydrogen) atoms. The number of hydrogen-bond acceptors (Lipinski definition) is 4. The summed E-state index contributed by atoms with van der Waals surface area (Å²) < 4.78 is 3.82. The van der Waals surface area contributed by atoms with E-state index in [4.69, 9.17) is 5.73 Å². The second-order valence-electron chi connectivity index (χ2n) is 3.73. The van der Waals surface area contributed by atoms with E-state index in [9.17, 15) is 0 Å². The largest absolute Gasteiger partial charge is 0.381 e. The van der Waals surface area contributed by atoms with Gasteiger partial charge in [0.05, 0.1) is 11.4 Å². The number of anilines is 1. The number of aryl methyl sites for hydroxylation is 2. The van der Waals surface area contributed by atoms with Gasteiger partial charge in [-0.05, 0) is 6.92 Å². The number of rotatable bonds is 1. The van der Waals surface area contributed by atoms with E-state index < -0.39 is 0 Å². The maximum atomic E-state index is 5.77. The highest BCUT2D eigenvalue weighted by molar-refractivity contribution is 7.16. The van der Waals surface area contributed by atoms with Crippen molar-refractivity contribution in [2.24, 2.45) is 7.05 Å². The number of nitrogens with zero attached hydrogens (tertiary/aromatic N) is 4. The Morgan fingerprint density at radius 2 is 2.25 bits per heavy atom. The van der Waals surface area contributed by atoms with Gasteiger partial charge >= 0.3 is 0 Å². The monoisotopic (exact) mass is 233 g/mol. The summed E-state index contributed by atoms with van der Waals surface area (Å²) in [6.45, 7) is 2.00. The first-order chi connectivity index (χ1) is 7.66. The van der Waals surface area contributed by atoms with E-state index in [0.29, 0.717) is 5.82 Å². The van der Waals surface area contributed by atoms with Gasteiger partial charge in [-0.1, -0.05) is 0 Å². The van der Waals surface area contributed by atoms with Crippen molar-refractivity contribution in [2.45, 2.75) is 6.92 Å². The zero-order chi connectivity index (χ0) is 11.3. The van der Waals surface area contributed by atoms with Gasteiger partial charge in [-0.3, -0.25) is 9.08 Å². The fourth-order valence-electron chi connectivity index (χ4n) is 1.85. The smallest absolute Gasteiger partial charge is 0.160 e. The minimum absolute atomic E-state index is 0.581. The number of aromatic nitrogens is 4. The molecule has 0 aliphatic rings. The summed E-state index contributed by atoms with van der Waals surface area (Å²) >= 11 is 1.60. The van der Waals surface area contributed by atoms with Crippen molar-refractivity contribution in [1.29, 1.82) is 0 Å². The summed E-state index contributed by atoms with van der Waals surface area (Å²) in [4.78, 5) is 5.09. The van der Waals surface area contributed by atoms with Crippen LogP contribution in [0.1, 0.15) is 5.69 Å². The van der Waals surface area contributed by atoms with Crippen molar-refractivity contribution in [3.63, 3.8) is 0 Å². The second kappa shape index (κ2) is 3.08. The van der Waals surface area contributed by atoms with Crippen LogP contribution in [0.15, 0.2) is 17.9 Å². The molecule has 0 saturated carbocycles. The van der Waals surface area contributed by atoms with Crippen LogP contribution in [0.4, 0.5) is 5.82 Å². The van der Waals surface area contributed by atoms with E-state index in [-0.39, 0.29) is 0 Å². The van der Waals surface area contributed by atoms with Crippen molar-refractivity contribution in [3.05, 3.63) is 23.6 Å². The molecule has 2 N–H and O–H groups in total. The molecule has 3 aromatic heterocycles. The lowest BCUT2D eigenvalue weighted by Crippen LogP contribution is -1.86. The first kappa shape index (κ1) is 9.41. The van der Waals surface area contributed by atoms with Gasteiger partial charge in [0.1, 0.15) is 11.2 Å². The Balaban J connectivity index is 2.30. The van der Waals surface area contributed by atoms with Crippen LogP contribution in [0, 0.1) is 6.92 Å². The van der Waals surface area contributed by atoms with Gasteiger partial charge in [0, 0.05) is 24.2 Å². The average Bonchev–Trinajstić information content (AvgIpc) is 2.85. The van der Waals surface area contributed by atoms with Crippen LogP contribution in [-0.2, 0) is 7.05 Å². The van der Waals surface area contributed by atoms with Crippen molar-refractivity contribution in [2.75, 3.05) is 5.73 Å². The van der Waals surface area contributed by atoms with Gasteiger partial charge in [-0.25, -0.2) is 4.98 Å². The van der Waals surface area contributed by atoms with Crippen LogP contribution in [0.2, 0.25) is 0 Å². The molecule has 0 bridgehead atoms. The lowest BCUT2D eigenvalue weighted by atomic mass is 10.2. The number of nitrogens with two attached hydrogens (primary N) is 1. The number of fused-ring (bicyclic) bond motifs is 1. The van der Waals surface area contributed by atoms with Gasteiger partial charge in [-0.15, -0.1) is 11.3 Å². The number of hydrogen-bond donors (Lipinski definition) is 1. The molecule has 0 aliphatic carbocycles. The summed E-state index contributed by atoms with van der Waals surface area (Å²) in [5.74, 6) is 0.581. The molecular weight excluding hydrogens is 222 g/mol. The molecule has 0 amide bonds. The Labute approximate surface area is 96.1 Å². The molecule has 0 spiro atoms. The van der Waals surface area contributed by atoms with Crippen LogP contribution in [0.3, 0.4) is 0 Å². The molecule has 0 aromatic carbocycles. The predicted molar refractivity (Wildman–Crippen MR) is 64.4 cm³/mol. The summed E-state index contributed by atoms with van der Waals surface area (Å²) in [5, 5.41) is 6.42. The first-order valence-corrected chi connectivity index (χ1v) is 5.75. The van der Waals surface area contributed by atoms with Gasteiger partial charge in [0.2, 0.25) is 0 Å². The quantitative estimate of drug-likeness (QED) is 0.695. The molecule has 3 rings (SSSR count). The Morgan fingerprint density at radius 1 is 1.44 bits per heavy atom. The molecule has 6 heteroatoms. The number of nitrogen functional groups attached to an aromatic ring is 1. The van der Waals surface area contributed by atoms with Gasteiger partial charge in [-0.2, -0.15) is 5.10 Å². The average molecular weight is 233 g/mol. The fourth-order valence-corrected chi connectivity index (χ4v) is 2.75. The Kier molecular flexibility index (Phi) is 1.81. The topological polar surface area (TPSA) is 61.1 Å². The minimum atomic E-state index is 0.581. The van der Waals surface area contributed by atoms with Gasteiger partial charge in [0.25, 0.3) is 0 Å². The van der Waals surface area contributed by atoms with Crippen molar-refractivity contribution in [3.8, 4) is 11.3 Å². The highest BCUT2D eigenvalue weighted by Crippen LogP contribution is 2.30.